The number of carbonyl (C=O) groups is 3. The molecular formula is C19H12N2O6S3. The number of benzene rings is 1. The number of carboxylic acid groups (broad SMARTS) is 2. The number of thiazole rings is 1. The van der Waals surface area contributed by atoms with Gasteiger partial charge in [-0.15, -0.1) is 11.3 Å². The number of carbonyl (C=O) groups excluding carboxylic acids is 1. The fourth-order valence-electron chi connectivity index (χ4n) is 2.86. The van der Waals surface area contributed by atoms with Gasteiger partial charge in [0.1, 0.15) is 16.1 Å². The van der Waals surface area contributed by atoms with Gasteiger partial charge in [-0.25, -0.2) is 9.78 Å². The number of hydrogen-bond acceptors (Lipinski definition) is 8. The highest BCUT2D eigenvalue weighted by Crippen LogP contribution is 2.36. The summed E-state index contributed by atoms with van der Waals surface area (Å²) in [5.74, 6) is -2.54. The second-order valence-corrected chi connectivity index (χ2v) is 8.90. The SMILES string of the molecule is O=C(O)CC(C(=O)O)N1C(=O)C(=Cc2ccc(-c3nc4ccccc4s3)o2)SC1=S. The third-order valence-corrected chi connectivity index (χ3v) is 6.57. The van der Waals surface area contributed by atoms with Crippen molar-refractivity contribution in [2.24, 2.45) is 0 Å². The van der Waals surface area contributed by atoms with Crippen molar-refractivity contribution in [3.8, 4) is 10.8 Å². The molecule has 8 nitrogen and oxygen atoms in total. The van der Waals surface area contributed by atoms with Gasteiger partial charge >= 0.3 is 11.9 Å². The smallest absolute Gasteiger partial charge is 0.327 e. The van der Waals surface area contributed by atoms with E-state index in [1.165, 1.54) is 17.4 Å². The Bertz CT molecular complexity index is 1190. The molecule has 152 valence electrons. The van der Waals surface area contributed by atoms with Crippen LogP contribution in [0.4, 0.5) is 0 Å². The Morgan fingerprint density at radius 2 is 2.00 bits per heavy atom. The van der Waals surface area contributed by atoms with E-state index in [4.69, 9.17) is 21.7 Å². The lowest BCUT2D eigenvalue weighted by Gasteiger charge is -2.21. The Morgan fingerprint density at radius 3 is 2.70 bits per heavy atom. The number of carboxylic acids is 2. The van der Waals surface area contributed by atoms with Gasteiger partial charge in [0.05, 0.1) is 21.5 Å². The van der Waals surface area contributed by atoms with Crippen LogP contribution in [0.2, 0.25) is 0 Å². The lowest BCUT2D eigenvalue weighted by atomic mass is 10.2. The summed E-state index contributed by atoms with van der Waals surface area (Å²) >= 11 is 7.48. The highest BCUT2D eigenvalue weighted by Gasteiger charge is 2.41. The number of fused-ring (bicyclic) bond motifs is 1. The van der Waals surface area contributed by atoms with E-state index in [-0.39, 0.29) is 9.23 Å². The Morgan fingerprint density at radius 1 is 1.23 bits per heavy atom. The summed E-state index contributed by atoms with van der Waals surface area (Å²) in [6, 6.07) is 9.51. The van der Waals surface area contributed by atoms with Crippen LogP contribution in [0, 0.1) is 0 Å². The molecule has 1 atom stereocenters. The summed E-state index contributed by atoms with van der Waals surface area (Å²) in [5, 5.41) is 18.9. The fourth-order valence-corrected chi connectivity index (χ4v) is 5.12. The van der Waals surface area contributed by atoms with Crippen LogP contribution < -0.4 is 0 Å². The zero-order valence-electron chi connectivity index (χ0n) is 15.0. The van der Waals surface area contributed by atoms with Crippen LogP contribution in [-0.2, 0) is 14.4 Å². The molecule has 1 saturated heterocycles. The number of hydrogen-bond donors (Lipinski definition) is 2. The number of rotatable bonds is 6. The quantitative estimate of drug-likeness (QED) is 0.419. The zero-order chi connectivity index (χ0) is 21.4. The summed E-state index contributed by atoms with van der Waals surface area (Å²) in [6.07, 6.45) is 0.702. The Kier molecular flexibility index (Phi) is 5.41. The maximum Gasteiger partial charge on any atom is 0.327 e. The molecule has 0 aliphatic carbocycles. The van der Waals surface area contributed by atoms with Gasteiger partial charge in [0, 0.05) is 6.08 Å². The molecule has 0 bridgehead atoms. The van der Waals surface area contributed by atoms with Gasteiger partial charge in [-0.3, -0.25) is 14.5 Å². The number of nitrogens with zero attached hydrogens (tertiary/aromatic N) is 2. The predicted molar refractivity (Wildman–Crippen MR) is 116 cm³/mol. The first-order chi connectivity index (χ1) is 14.3. The Balaban J connectivity index is 1.59. The van der Waals surface area contributed by atoms with Crippen molar-refractivity contribution in [1.29, 1.82) is 0 Å². The molecule has 0 saturated carbocycles. The number of thioether (sulfide) groups is 1. The second kappa shape index (κ2) is 8.01. The Labute approximate surface area is 182 Å². The number of aromatic nitrogens is 1. The summed E-state index contributed by atoms with van der Waals surface area (Å²) in [7, 11) is 0. The van der Waals surface area contributed by atoms with Crippen molar-refractivity contribution < 1.29 is 29.0 Å². The van der Waals surface area contributed by atoms with E-state index >= 15 is 0 Å². The molecule has 0 radical (unpaired) electrons. The van der Waals surface area contributed by atoms with Crippen molar-refractivity contribution in [3.05, 3.63) is 47.1 Å². The largest absolute Gasteiger partial charge is 0.481 e. The highest BCUT2D eigenvalue weighted by atomic mass is 32.2. The number of aliphatic carboxylic acids is 2. The van der Waals surface area contributed by atoms with Crippen molar-refractivity contribution in [2.45, 2.75) is 12.5 Å². The summed E-state index contributed by atoms with van der Waals surface area (Å²) in [4.78, 5) is 40.6. The van der Waals surface area contributed by atoms with Crippen LogP contribution in [0.5, 0.6) is 0 Å². The van der Waals surface area contributed by atoms with Crippen LogP contribution in [0.15, 0.2) is 45.7 Å². The van der Waals surface area contributed by atoms with Crippen LogP contribution in [0.3, 0.4) is 0 Å². The van der Waals surface area contributed by atoms with E-state index in [1.54, 1.807) is 12.1 Å². The van der Waals surface area contributed by atoms with Gasteiger partial charge in [0.2, 0.25) is 0 Å². The van der Waals surface area contributed by atoms with E-state index in [0.29, 0.717) is 16.5 Å². The zero-order valence-corrected chi connectivity index (χ0v) is 17.4. The molecule has 0 spiro atoms. The van der Waals surface area contributed by atoms with E-state index in [1.807, 2.05) is 24.3 Å². The summed E-state index contributed by atoms with van der Waals surface area (Å²) < 4.78 is 6.79. The minimum absolute atomic E-state index is 0.0159. The predicted octanol–water partition coefficient (Wildman–Crippen LogP) is 3.69. The van der Waals surface area contributed by atoms with E-state index in [9.17, 15) is 19.5 Å². The molecule has 3 aromatic rings. The van der Waals surface area contributed by atoms with Crippen LogP contribution in [0.1, 0.15) is 12.2 Å². The maximum atomic E-state index is 12.7. The lowest BCUT2D eigenvalue weighted by molar-refractivity contribution is -0.150. The molecule has 11 heteroatoms. The molecule has 1 aliphatic heterocycles. The van der Waals surface area contributed by atoms with E-state index in [0.717, 1.165) is 26.9 Å². The Hall–Kier alpha value is -3.02. The van der Waals surface area contributed by atoms with Crippen LogP contribution >= 0.6 is 35.3 Å². The van der Waals surface area contributed by atoms with Gasteiger partial charge < -0.3 is 14.6 Å². The molecule has 3 heterocycles. The van der Waals surface area contributed by atoms with Gasteiger partial charge in [0.15, 0.2) is 10.8 Å². The molecule has 2 aromatic heterocycles. The lowest BCUT2D eigenvalue weighted by Crippen LogP contribution is -2.45. The topological polar surface area (TPSA) is 121 Å². The number of para-hydroxylation sites is 1. The first-order valence-electron chi connectivity index (χ1n) is 8.51. The third-order valence-electron chi connectivity index (χ3n) is 4.19. The molecule has 2 N–H and O–H groups in total. The van der Waals surface area contributed by atoms with Gasteiger partial charge in [-0.05, 0) is 24.3 Å². The minimum atomic E-state index is -1.57. The van der Waals surface area contributed by atoms with E-state index in [2.05, 4.69) is 4.98 Å². The molecular weight excluding hydrogens is 448 g/mol. The molecule has 1 aromatic carbocycles. The van der Waals surface area contributed by atoms with Gasteiger partial charge in [0.25, 0.3) is 5.91 Å². The van der Waals surface area contributed by atoms with Gasteiger partial charge in [-0.1, -0.05) is 36.1 Å². The summed E-state index contributed by atoms with van der Waals surface area (Å²) in [5.41, 5.74) is 0.856. The van der Waals surface area contributed by atoms with Crippen LogP contribution in [-0.4, -0.2) is 48.3 Å². The minimum Gasteiger partial charge on any atom is -0.481 e. The molecule has 4 rings (SSSR count). The number of amides is 1. The van der Waals surface area contributed by atoms with Crippen LogP contribution in [0.25, 0.3) is 27.1 Å². The first-order valence-corrected chi connectivity index (χ1v) is 10.5. The average Bonchev–Trinajstić information content (AvgIpc) is 3.38. The molecule has 1 aliphatic rings. The maximum absolute atomic E-state index is 12.7. The standard InChI is InChI=1S/C19H12N2O6S3/c22-15(23)8-11(18(25)26)21-17(24)14(30-19(21)28)7-9-5-6-12(27-9)16-20-10-3-1-2-4-13(10)29-16/h1-7,11H,8H2,(H,22,23)(H,25,26). The fraction of sp³-hybridized carbons (Fsp3) is 0.105. The molecule has 1 fully saturated rings. The van der Waals surface area contributed by atoms with Crippen molar-refractivity contribution >= 4 is 73.8 Å². The first kappa shape index (κ1) is 20.3. The number of thiocarbonyl (C=S) groups is 1. The monoisotopic (exact) mass is 460 g/mol. The highest BCUT2D eigenvalue weighted by molar-refractivity contribution is 8.26. The average molecular weight is 461 g/mol. The number of furan rings is 1. The molecule has 30 heavy (non-hydrogen) atoms. The third kappa shape index (κ3) is 3.86. The van der Waals surface area contributed by atoms with E-state index < -0.39 is 30.3 Å². The van der Waals surface area contributed by atoms with Crippen molar-refractivity contribution in [3.63, 3.8) is 0 Å². The second-order valence-electron chi connectivity index (χ2n) is 6.19. The molecule has 1 amide bonds. The van der Waals surface area contributed by atoms with Crippen molar-refractivity contribution in [2.75, 3.05) is 0 Å². The summed E-state index contributed by atoms with van der Waals surface area (Å²) in [6.45, 7) is 0. The molecule has 1 unspecified atom stereocenters. The normalized spacial score (nSPS) is 16.5. The van der Waals surface area contributed by atoms with Crippen molar-refractivity contribution in [1.82, 2.24) is 9.88 Å². The van der Waals surface area contributed by atoms with Gasteiger partial charge in [-0.2, -0.15) is 0 Å².